The van der Waals surface area contributed by atoms with Gasteiger partial charge in [-0.25, -0.2) is 4.39 Å². The van der Waals surface area contributed by atoms with Crippen LogP contribution < -0.4 is 0 Å². The number of carbonyl (C=O) groups excluding carboxylic acids is 1. The molecular weight excluding hydrogens is 253 g/mol. The SMILES string of the molecule is CC1(C)CC2CC(C)(CN2C(=O)c2ccccc2F)C1. The summed E-state index contributed by atoms with van der Waals surface area (Å²) in [6.07, 6.45) is 3.21. The highest BCUT2D eigenvalue weighted by molar-refractivity contribution is 5.95. The van der Waals surface area contributed by atoms with E-state index < -0.39 is 5.82 Å². The van der Waals surface area contributed by atoms with E-state index in [2.05, 4.69) is 20.8 Å². The van der Waals surface area contributed by atoms with Gasteiger partial charge in [-0.1, -0.05) is 32.9 Å². The third-order valence-electron chi connectivity index (χ3n) is 4.78. The summed E-state index contributed by atoms with van der Waals surface area (Å²) in [5.41, 5.74) is 0.663. The van der Waals surface area contributed by atoms with E-state index in [1.165, 1.54) is 6.07 Å². The number of carbonyl (C=O) groups is 1. The Kier molecular flexibility index (Phi) is 2.93. The van der Waals surface area contributed by atoms with Gasteiger partial charge in [0.1, 0.15) is 5.82 Å². The Hall–Kier alpha value is -1.38. The molecular formula is C17H22FNO. The van der Waals surface area contributed by atoms with Crippen LogP contribution in [0.3, 0.4) is 0 Å². The largest absolute Gasteiger partial charge is 0.335 e. The molecule has 0 N–H and O–H groups in total. The topological polar surface area (TPSA) is 20.3 Å². The first kappa shape index (κ1) is 13.6. The van der Waals surface area contributed by atoms with Crippen LogP contribution in [-0.4, -0.2) is 23.4 Å². The van der Waals surface area contributed by atoms with E-state index in [4.69, 9.17) is 0 Å². The zero-order chi connectivity index (χ0) is 14.5. The van der Waals surface area contributed by atoms with Crippen LogP contribution in [0.1, 0.15) is 50.4 Å². The maximum Gasteiger partial charge on any atom is 0.257 e. The van der Waals surface area contributed by atoms with E-state index in [9.17, 15) is 9.18 Å². The number of hydrogen-bond donors (Lipinski definition) is 0. The average Bonchev–Trinajstić information content (AvgIpc) is 2.58. The number of hydrogen-bond acceptors (Lipinski definition) is 1. The molecule has 2 atom stereocenters. The molecule has 0 aromatic heterocycles. The molecule has 1 aromatic carbocycles. The molecule has 1 saturated heterocycles. The van der Waals surface area contributed by atoms with Crippen LogP contribution in [0.15, 0.2) is 24.3 Å². The standard InChI is InChI=1S/C17H22FNO/c1-16(2)8-12-9-17(3,10-16)11-19(12)15(20)13-6-4-5-7-14(13)18/h4-7,12H,8-11H2,1-3H3. The van der Waals surface area contributed by atoms with Crippen molar-refractivity contribution in [3.8, 4) is 0 Å². The van der Waals surface area contributed by atoms with E-state index in [0.29, 0.717) is 0 Å². The number of rotatable bonds is 1. The second-order valence-corrected chi connectivity index (χ2v) is 7.63. The minimum atomic E-state index is -0.414. The highest BCUT2D eigenvalue weighted by Gasteiger charge is 2.51. The summed E-state index contributed by atoms with van der Waals surface area (Å²) in [5, 5.41) is 0. The molecule has 2 nitrogen and oxygen atoms in total. The van der Waals surface area contributed by atoms with Gasteiger partial charge in [-0.05, 0) is 42.2 Å². The summed E-state index contributed by atoms with van der Waals surface area (Å²) in [4.78, 5) is 14.6. The lowest BCUT2D eigenvalue weighted by atomic mass is 9.65. The molecule has 20 heavy (non-hydrogen) atoms. The van der Waals surface area contributed by atoms with Crippen molar-refractivity contribution in [3.05, 3.63) is 35.6 Å². The molecule has 2 aliphatic rings. The van der Waals surface area contributed by atoms with Crippen molar-refractivity contribution in [1.82, 2.24) is 4.90 Å². The zero-order valence-corrected chi connectivity index (χ0v) is 12.4. The fourth-order valence-corrected chi connectivity index (χ4v) is 4.49. The summed E-state index contributed by atoms with van der Waals surface area (Å²) < 4.78 is 13.8. The minimum absolute atomic E-state index is 0.144. The van der Waals surface area contributed by atoms with Crippen molar-refractivity contribution >= 4 is 5.91 Å². The molecule has 1 aliphatic heterocycles. The lowest BCUT2D eigenvalue weighted by Crippen LogP contribution is -2.38. The molecule has 1 amide bonds. The Morgan fingerprint density at radius 1 is 1.25 bits per heavy atom. The monoisotopic (exact) mass is 275 g/mol. The molecule has 0 radical (unpaired) electrons. The highest BCUT2D eigenvalue weighted by atomic mass is 19.1. The minimum Gasteiger partial charge on any atom is -0.335 e. The van der Waals surface area contributed by atoms with Gasteiger partial charge in [-0.2, -0.15) is 0 Å². The first-order valence-electron chi connectivity index (χ1n) is 7.35. The molecule has 1 heterocycles. The lowest BCUT2D eigenvalue weighted by molar-refractivity contribution is 0.0703. The molecule has 1 saturated carbocycles. The van der Waals surface area contributed by atoms with E-state index in [-0.39, 0.29) is 28.3 Å². The molecule has 2 unspecified atom stereocenters. The molecule has 1 aliphatic carbocycles. The normalized spacial score (nSPS) is 31.4. The molecule has 1 aromatic rings. The number of likely N-dealkylation sites (tertiary alicyclic amines) is 1. The summed E-state index contributed by atoms with van der Waals surface area (Å²) >= 11 is 0. The summed E-state index contributed by atoms with van der Waals surface area (Å²) in [7, 11) is 0. The van der Waals surface area contributed by atoms with Crippen LogP contribution >= 0.6 is 0 Å². The second-order valence-electron chi connectivity index (χ2n) is 7.63. The second kappa shape index (κ2) is 4.31. The average molecular weight is 275 g/mol. The predicted octanol–water partition coefficient (Wildman–Crippen LogP) is 3.87. The van der Waals surface area contributed by atoms with Crippen LogP contribution in [0.25, 0.3) is 0 Å². The van der Waals surface area contributed by atoms with Crippen molar-refractivity contribution in [3.63, 3.8) is 0 Å². The van der Waals surface area contributed by atoms with Gasteiger partial charge >= 0.3 is 0 Å². The van der Waals surface area contributed by atoms with Gasteiger partial charge in [-0.3, -0.25) is 4.79 Å². The molecule has 0 spiro atoms. The molecule has 3 heteroatoms. The van der Waals surface area contributed by atoms with Gasteiger partial charge in [0.25, 0.3) is 5.91 Å². The van der Waals surface area contributed by atoms with Crippen molar-refractivity contribution < 1.29 is 9.18 Å². The Morgan fingerprint density at radius 3 is 2.65 bits per heavy atom. The van der Waals surface area contributed by atoms with Gasteiger partial charge in [-0.15, -0.1) is 0 Å². The first-order chi connectivity index (χ1) is 9.30. The number of nitrogens with zero attached hydrogens (tertiary/aromatic N) is 1. The van der Waals surface area contributed by atoms with Gasteiger partial charge in [0.2, 0.25) is 0 Å². The Labute approximate surface area is 120 Å². The van der Waals surface area contributed by atoms with Crippen molar-refractivity contribution in [1.29, 1.82) is 0 Å². The maximum absolute atomic E-state index is 13.8. The summed E-state index contributed by atoms with van der Waals surface area (Å²) in [6, 6.07) is 6.56. The third kappa shape index (κ3) is 2.23. The van der Waals surface area contributed by atoms with E-state index in [1.807, 2.05) is 4.90 Å². The molecule has 3 rings (SSSR count). The maximum atomic E-state index is 13.8. The van der Waals surface area contributed by atoms with Crippen LogP contribution in [-0.2, 0) is 0 Å². The van der Waals surface area contributed by atoms with E-state index in [0.717, 1.165) is 25.8 Å². The predicted molar refractivity (Wildman–Crippen MR) is 77.0 cm³/mol. The fraction of sp³-hybridized carbons (Fsp3) is 0.588. The Morgan fingerprint density at radius 2 is 1.95 bits per heavy atom. The molecule has 2 fully saturated rings. The van der Waals surface area contributed by atoms with Crippen molar-refractivity contribution in [2.24, 2.45) is 10.8 Å². The molecule has 2 bridgehead atoms. The summed E-state index contributed by atoms with van der Waals surface area (Å²) in [5.74, 6) is -0.558. The van der Waals surface area contributed by atoms with E-state index >= 15 is 0 Å². The Balaban J connectivity index is 1.89. The number of halogens is 1. The third-order valence-corrected chi connectivity index (χ3v) is 4.78. The van der Waals surface area contributed by atoms with Crippen LogP contribution in [0.2, 0.25) is 0 Å². The van der Waals surface area contributed by atoms with Crippen LogP contribution in [0.4, 0.5) is 4.39 Å². The fourth-order valence-electron chi connectivity index (χ4n) is 4.49. The van der Waals surface area contributed by atoms with Crippen molar-refractivity contribution in [2.45, 2.75) is 46.1 Å². The number of fused-ring (bicyclic) bond motifs is 2. The van der Waals surface area contributed by atoms with Gasteiger partial charge in [0.15, 0.2) is 0 Å². The van der Waals surface area contributed by atoms with Gasteiger partial charge in [0.05, 0.1) is 5.56 Å². The van der Waals surface area contributed by atoms with E-state index in [1.54, 1.807) is 18.2 Å². The smallest absolute Gasteiger partial charge is 0.257 e. The van der Waals surface area contributed by atoms with Crippen LogP contribution in [0.5, 0.6) is 0 Å². The van der Waals surface area contributed by atoms with Crippen molar-refractivity contribution in [2.75, 3.05) is 6.54 Å². The van der Waals surface area contributed by atoms with Gasteiger partial charge < -0.3 is 4.90 Å². The summed E-state index contributed by atoms with van der Waals surface area (Å²) in [6.45, 7) is 7.56. The van der Waals surface area contributed by atoms with Gasteiger partial charge in [0, 0.05) is 12.6 Å². The number of benzene rings is 1. The van der Waals surface area contributed by atoms with Crippen LogP contribution in [0, 0.1) is 16.6 Å². The zero-order valence-electron chi connectivity index (χ0n) is 12.4. The Bertz CT molecular complexity index is 554. The molecule has 108 valence electrons. The quantitative estimate of drug-likeness (QED) is 0.762. The first-order valence-corrected chi connectivity index (χ1v) is 7.35. The lowest BCUT2D eigenvalue weighted by Gasteiger charge is -2.39. The highest BCUT2D eigenvalue weighted by Crippen LogP contribution is 2.52. The number of amides is 1.